The Morgan fingerprint density at radius 3 is 2.04 bits per heavy atom. The Morgan fingerprint density at radius 1 is 0.750 bits per heavy atom. The zero-order chi connectivity index (χ0) is 17.1. The summed E-state index contributed by atoms with van der Waals surface area (Å²) in [5.74, 6) is -3.78. The maximum Gasteiger partial charge on any atom is 0.195 e. The lowest BCUT2D eigenvalue weighted by Gasteiger charge is -2.13. The Bertz CT molecular complexity index is 837. The Labute approximate surface area is 139 Å². The Morgan fingerprint density at radius 2 is 1.42 bits per heavy atom. The van der Waals surface area contributed by atoms with Gasteiger partial charge in [0.05, 0.1) is 0 Å². The summed E-state index contributed by atoms with van der Waals surface area (Å²) in [5.41, 5.74) is 2.73. The topological polar surface area (TPSA) is 0 Å². The zero-order valence-corrected chi connectivity index (χ0v) is 13.3. The van der Waals surface area contributed by atoms with Crippen molar-refractivity contribution in [3.05, 3.63) is 83.7 Å². The molecule has 0 saturated heterocycles. The predicted octanol–water partition coefficient (Wildman–Crippen LogP) is 6.39. The predicted molar refractivity (Wildman–Crippen MR) is 91.2 cm³/mol. The van der Waals surface area contributed by atoms with Gasteiger partial charge in [-0.2, -0.15) is 0 Å². The minimum Gasteiger partial charge on any atom is -0.204 e. The van der Waals surface area contributed by atoms with Gasteiger partial charge in [-0.05, 0) is 34.7 Å². The van der Waals surface area contributed by atoms with E-state index < -0.39 is 17.5 Å². The molecule has 0 unspecified atom stereocenters. The lowest BCUT2D eigenvalue weighted by Crippen LogP contribution is -1.98. The molecule has 3 heteroatoms. The molecule has 0 amide bonds. The van der Waals surface area contributed by atoms with Crippen LogP contribution in [0.2, 0.25) is 0 Å². The van der Waals surface area contributed by atoms with Crippen molar-refractivity contribution < 1.29 is 13.2 Å². The van der Waals surface area contributed by atoms with Gasteiger partial charge in [0.2, 0.25) is 0 Å². The summed E-state index contributed by atoms with van der Waals surface area (Å²) in [4.78, 5) is 0. The summed E-state index contributed by atoms with van der Waals surface area (Å²) >= 11 is 0. The molecule has 24 heavy (non-hydrogen) atoms. The van der Waals surface area contributed by atoms with Crippen LogP contribution in [0.5, 0.6) is 0 Å². The zero-order valence-electron chi connectivity index (χ0n) is 13.3. The lowest BCUT2D eigenvalue weighted by molar-refractivity contribution is 0.449. The van der Waals surface area contributed by atoms with E-state index >= 15 is 0 Å². The summed E-state index contributed by atoms with van der Waals surface area (Å²) in [5, 5.41) is 0. The van der Waals surface area contributed by atoms with Gasteiger partial charge in [-0.15, -0.1) is 0 Å². The number of benzene rings is 3. The van der Waals surface area contributed by atoms with E-state index in [0.717, 1.165) is 24.5 Å². The number of hydrogen-bond donors (Lipinski definition) is 0. The molecule has 0 aliphatic heterocycles. The van der Waals surface area contributed by atoms with Gasteiger partial charge >= 0.3 is 0 Å². The molecule has 0 aliphatic carbocycles. The minimum absolute atomic E-state index is 0.0862. The Balaban J connectivity index is 2.20. The van der Waals surface area contributed by atoms with Gasteiger partial charge in [0, 0.05) is 5.56 Å². The van der Waals surface area contributed by atoms with Crippen LogP contribution in [0.3, 0.4) is 0 Å². The number of rotatable bonds is 4. The second kappa shape index (κ2) is 6.91. The fourth-order valence-corrected chi connectivity index (χ4v) is 2.85. The van der Waals surface area contributed by atoms with Crippen molar-refractivity contribution in [3.63, 3.8) is 0 Å². The Hall–Kier alpha value is -2.55. The maximum atomic E-state index is 14.5. The van der Waals surface area contributed by atoms with Gasteiger partial charge in [-0.1, -0.05) is 67.9 Å². The molecule has 0 fully saturated rings. The molecule has 3 aromatic rings. The van der Waals surface area contributed by atoms with Gasteiger partial charge < -0.3 is 0 Å². The molecule has 3 rings (SSSR count). The molecule has 0 radical (unpaired) electrons. The third-order valence-corrected chi connectivity index (χ3v) is 4.03. The van der Waals surface area contributed by atoms with Crippen molar-refractivity contribution >= 4 is 0 Å². The first-order valence-corrected chi connectivity index (χ1v) is 7.94. The van der Waals surface area contributed by atoms with E-state index in [1.54, 1.807) is 36.4 Å². The van der Waals surface area contributed by atoms with Crippen molar-refractivity contribution in [3.8, 4) is 22.3 Å². The average Bonchev–Trinajstić information content (AvgIpc) is 2.61. The van der Waals surface area contributed by atoms with Gasteiger partial charge in [-0.25, -0.2) is 13.2 Å². The number of halogens is 3. The minimum atomic E-state index is -1.44. The quantitative estimate of drug-likeness (QED) is 0.487. The van der Waals surface area contributed by atoms with Gasteiger partial charge in [-0.3, -0.25) is 0 Å². The molecule has 0 aromatic heterocycles. The van der Waals surface area contributed by atoms with Crippen molar-refractivity contribution in [1.29, 1.82) is 0 Å². The molecule has 0 heterocycles. The van der Waals surface area contributed by atoms with E-state index in [1.165, 1.54) is 0 Å². The largest absolute Gasteiger partial charge is 0.204 e. The van der Waals surface area contributed by atoms with Crippen LogP contribution in [0, 0.1) is 17.5 Å². The van der Waals surface area contributed by atoms with Crippen LogP contribution in [0.4, 0.5) is 13.2 Å². The SMILES string of the molecule is CCCc1ccc(-c2c(-c3ccccc3)cc(F)c(F)c2F)cc1. The van der Waals surface area contributed by atoms with Gasteiger partial charge in [0.25, 0.3) is 0 Å². The smallest absolute Gasteiger partial charge is 0.195 e. The number of aryl methyl sites for hydroxylation is 1. The molecule has 0 nitrogen and oxygen atoms in total. The van der Waals surface area contributed by atoms with Crippen molar-refractivity contribution in [2.24, 2.45) is 0 Å². The van der Waals surface area contributed by atoms with Crippen LogP contribution >= 0.6 is 0 Å². The van der Waals surface area contributed by atoms with Crippen LogP contribution in [0.1, 0.15) is 18.9 Å². The molecule has 0 atom stereocenters. The Kier molecular flexibility index (Phi) is 4.70. The standard InChI is InChI=1S/C21H17F3/c1-2-6-14-9-11-16(12-10-14)19-17(15-7-4-3-5-8-15)13-18(22)20(23)21(19)24/h3-5,7-13H,2,6H2,1H3. The highest BCUT2D eigenvalue weighted by Gasteiger charge is 2.20. The first-order chi connectivity index (χ1) is 11.6. The summed E-state index contributed by atoms with van der Waals surface area (Å²) in [6.45, 7) is 2.08. The molecular weight excluding hydrogens is 309 g/mol. The van der Waals surface area contributed by atoms with Crippen LogP contribution < -0.4 is 0 Å². The van der Waals surface area contributed by atoms with Crippen molar-refractivity contribution in [1.82, 2.24) is 0 Å². The first-order valence-electron chi connectivity index (χ1n) is 7.94. The van der Waals surface area contributed by atoms with Gasteiger partial charge in [0.1, 0.15) is 0 Å². The molecule has 0 N–H and O–H groups in total. The number of hydrogen-bond acceptors (Lipinski definition) is 0. The van der Waals surface area contributed by atoms with Crippen LogP contribution in [0.25, 0.3) is 22.3 Å². The second-order valence-corrected chi connectivity index (χ2v) is 5.72. The van der Waals surface area contributed by atoms with Crippen molar-refractivity contribution in [2.45, 2.75) is 19.8 Å². The lowest BCUT2D eigenvalue weighted by atomic mass is 9.93. The fraction of sp³-hybridized carbons (Fsp3) is 0.143. The van der Waals surface area contributed by atoms with Crippen LogP contribution in [-0.4, -0.2) is 0 Å². The highest BCUT2D eigenvalue weighted by atomic mass is 19.2. The highest BCUT2D eigenvalue weighted by molar-refractivity contribution is 5.84. The fourth-order valence-electron chi connectivity index (χ4n) is 2.85. The summed E-state index contributed by atoms with van der Waals surface area (Å²) in [6, 6.07) is 17.2. The molecular formula is C21H17F3. The average molecular weight is 326 g/mol. The summed E-state index contributed by atoms with van der Waals surface area (Å²) < 4.78 is 42.1. The van der Waals surface area contributed by atoms with E-state index in [0.29, 0.717) is 16.7 Å². The third-order valence-electron chi connectivity index (χ3n) is 4.03. The molecule has 0 bridgehead atoms. The van der Waals surface area contributed by atoms with E-state index in [9.17, 15) is 13.2 Å². The monoisotopic (exact) mass is 326 g/mol. The molecule has 0 saturated carbocycles. The normalized spacial score (nSPS) is 10.8. The third kappa shape index (κ3) is 3.07. The molecule has 122 valence electrons. The molecule has 0 aliphatic rings. The molecule has 3 aromatic carbocycles. The second-order valence-electron chi connectivity index (χ2n) is 5.72. The van der Waals surface area contributed by atoms with E-state index in [1.807, 2.05) is 18.2 Å². The van der Waals surface area contributed by atoms with Crippen LogP contribution in [-0.2, 0) is 6.42 Å². The maximum absolute atomic E-state index is 14.5. The van der Waals surface area contributed by atoms with Crippen molar-refractivity contribution in [2.75, 3.05) is 0 Å². The van der Waals surface area contributed by atoms with Gasteiger partial charge in [0.15, 0.2) is 17.5 Å². The van der Waals surface area contributed by atoms with E-state index in [2.05, 4.69) is 6.92 Å². The van der Waals surface area contributed by atoms with Crippen LogP contribution in [0.15, 0.2) is 60.7 Å². The summed E-state index contributed by atoms with van der Waals surface area (Å²) in [7, 11) is 0. The molecule has 0 spiro atoms. The van der Waals surface area contributed by atoms with E-state index in [-0.39, 0.29) is 5.56 Å². The highest BCUT2D eigenvalue weighted by Crippen LogP contribution is 2.36. The van der Waals surface area contributed by atoms with E-state index in [4.69, 9.17) is 0 Å². The summed E-state index contributed by atoms with van der Waals surface area (Å²) in [6.07, 6.45) is 1.93. The first kappa shape index (κ1) is 16.3.